The van der Waals surface area contributed by atoms with Crippen molar-refractivity contribution in [2.75, 3.05) is 12.4 Å². The van der Waals surface area contributed by atoms with E-state index in [1.54, 1.807) is 12.1 Å². The lowest BCUT2D eigenvalue weighted by atomic mass is 10.2. The van der Waals surface area contributed by atoms with Crippen molar-refractivity contribution in [2.24, 2.45) is 0 Å². The lowest BCUT2D eigenvalue weighted by Gasteiger charge is -2.12. The number of aryl methyl sites for hydroxylation is 1. The van der Waals surface area contributed by atoms with Gasteiger partial charge in [-0.25, -0.2) is 9.50 Å². The minimum absolute atomic E-state index is 0.00576. The molecule has 4 rings (SSSR count). The highest BCUT2D eigenvalue weighted by Gasteiger charge is 2.38. The van der Waals surface area contributed by atoms with E-state index in [0.29, 0.717) is 21.6 Å². The molecule has 1 aliphatic rings. The molecule has 6 nitrogen and oxygen atoms in total. The maximum Gasteiger partial charge on any atom is 0.433 e. The minimum Gasteiger partial charge on any atom is -0.495 e. The van der Waals surface area contributed by atoms with E-state index in [1.807, 2.05) is 13.0 Å². The normalized spacial score (nSPS) is 14.3. The Morgan fingerprint density at radius 2 is 2.04 bits per heavy atom. The molecule has 3 aromatic rings. The summed E-state index contributed by atoms with van der Waals surface area (Å²) in [5, 5.41) is 6.45. The third-order valence-electron chi connectivity index (χ3n) is 4.63. The third-order valence-corrected chi connectivity index (χ3v) is 4.63. The fourth-order valence-electron chi connectivity index (χ4n) is 3.04. The van der Waals surface area contributed by atoms with E-state index in [1.165, 1.54) is 7.11 Å². The zero-order chi connectivity index (χ0) is 20.1. The number of methoxy groups -OCH3 is 1. The Balaban J connectivity index is 1.78. The molecule has 0 aliphatic heterocycles. The number of ether oxygens (including phenoxy) is 1. The van der Waals surface area contributed by atoms with Crippen LogP contribution in [0.1, 0.15) is 46.1 Å². The van der Waals surface area contributed by atoms with Crippen molar-refractivity contribution in [1.29, 1.82) is 0 Å². The summed E-state index contributed by atoms with van der Waals surface area (Å²) in [6, 6.07) is 6.25. The molecular formula is C19H17F3N4O2. The first kappa shape index (κ1) is 18.3. The molecule has 0 bridgehead atoms. The average molecular weight is 390 g/mol. The van der Waals surface area contributed by atoms with Gasteiger partial charge >= 0.3 is 6.18 Å². The van der Waals surface area contributed by atoms with E-state index in [0.717, 1.165) is 30.7 Å². The van der Waals surface area contributed by atoms with Crippen molar-refractivity contribution in [1.82, 2.24) is 14.6 Å². The molecular weight excluding hydrogens is 373 g/mol. The number of benzene rings is 1. The summed E-state index contributed by atoms with van der Waals surface area (Å²) in [4.78, 5) is 17.1. The average Bonchev–Trinajstić information content (AvgIpc) is 3.39. The van der Waals surface area contributed by atoms with Gasteiger partial charge in [0, 0.05) is 11.6 Å². The highest BCUT2D eigenvalue weighted by Crippen LogP contribution is 2.41. The molecule has 1 fully saturated rings. The fourth-order valence-corrected chi connectivity index (χ4v) is 3.04. The van der Waals surface area contributed by atoms with Gasteiger partial charge < -0.3 is 10.1 Å². The second-order valence-electron chi connectivity index (χ2n) is 6.79. The predicted molar refractivity (Wildman–Crippen MR) is 95.6 cm³/mol. The van der Waals surface area contributed by atoms with Crippen molar-refractivity contribution < 1.29 is 22.7 Å². The number of halogens is 3. The van der Waals surface area contributed by atoms with Crippen molar-refractivity contribution >= 4 is 17.2 Å². The van der Waals surface area contributed by atoms with Crippen LogP contribution in [0, 0.1) is 6.92 Å². The number of rotatable bonds is 4. The molecule has 0 atom stereocenters. The number of carbonyl (C=O) groups excluding carboxylic acids is 1. The van der Waals surface area contributed by atoms with Crippen molar-refractivity contribution in [2.45, 2.75) is 31.9 Å². The van der Waals surface area contributed by atoms with Crippen LogP contribution in [0.2, 0.25) is 0 Å². The molecule has 28 heavy (non-hydrogen) atoms. The number of hydrogen-bond acceptors (Lipinski definition) is 4. The first-order chi connectivity index (χ1) is 13.3. The molecule has 146 valence electrons. The van der Waals surface area contributed by atoms with Crippen LogP contribution in [-0.2, 0) is 6.18 Å². The van der Waals surface area contributed by atoms with Gasteiger partial charge in [-0.3, -0.25) is 4.79 Å². The van der Waals surface area contributed by atoms with Crippen molar-refractivity contribution in [3.8, 4) is 5.75 Å². The zero-order valence-electron chi connectivity index (χ0n) is 15.2. The summed E-state index contributed by atoms with van der Waals surface area (Å²) in [5.41, 5.74) is 0.567. The van der Waals surface area contributed by atoms with Crippen LogP contribution in [0.5, 0.6) is 5.75 Å². The van der Waals surface area contributed by atoms with Crippen LogP contribution < -0.4 is 10.1 Å². The van der Waals surface area contributed by atoms with Crippen LogP contribution in [0.4, 0.5) is 18.9 Å². The van der Waals surface area contributed by atoms with E-state index in [2.05, 4.69) is 15.4 Å². The number of alkyl halides is 3. The van der Waals surface area contributed by atoms with Crippen LogP contribution in [0.3, 0.4) is 0 Å². The monoisotopic (exact) mass is 390 g/mol. The van der Waals surface area contributed by atoms with Crippen molar-refractivity contribution in [3.63, 3.8) is 0 Å². The van der Waals surface area contributed by atoms with Crippen LogP contribution in [-0.4, -0.2) is 27.6 Å². The Morgan fingerprint density at radius 3 is 2.68 bits per heavy atom. The smallest absolute Gasteiger partial charge is 0.433 e. The van der Waals surface area contributed by atoms with E-state index in [4.69, 9.17) is 4.74 Å². The number of hydrogen-bond donors (Lipinski definition) is 1. The highest BCUT2D eigenvalue weighted by molar-refractivity contribution is 6.08. The molecule has 1 aromatic carbocycles. The summed E-state index contributed by atoms with van der Waals surface area (Å²) < 4.78 is 46.3. The van der Waals surface area contributed by atoms with E-state index >= 15 is 0 Å². The second-order valence-corrected chi connectivity index (χ2v) is 6.79. The topological polar surface area (TPSA) is 68.5 Å². The fraction of sp³-hybridized carbons (Fsp3) is 0.316. The SMILES string of the molecule is COc1ccc(C)cc1NC(=O)c1cnn2c(C(F)(F)F)cc(C3CC3)nc12. The van der Waals surface area contributed by atoms with Crippen LogP contribution >= 0.6 is 0 Å². The number of anilines is 1. The van der Waals surface area contributed by atoms with Gasteiger partial charge in [0.2, 0.25) is 0 Å². The summed E-state index contributed by atoms with van der Waals surface area (Å²) in [6.45, 7) is 1.85. The lowest BCUT2D eigenvalue weighted by Crippen LogP contribution is -2.16. The number of amides is 1. The van der Waals surface area contributed by atoms with E-state index < -0.39 is 17.8 Å². The van der Waals surface area contributed by atoms with E-state index in [9.17, 15) is 18.0 Å². The van der Waals surface area contributed by atoms with Gasteiger partial charge in [0.15, 0.2) is 5.65 Å². The molecule has 2 heterocycles. The van der Waals surface area contributed by atoms with Crippen molar-refractivity contribution in [3.05, 3.63) is 53.0 Å². The molecule has 1 aliphatic carbocycles. The molecule has 0 radical (unpaired) electrons. The zero-order valence-corrected chi connectivity index (χ0v) is 15.2. The standard InChI is InChI=1S/C19H17F3N4O2/c1-10-3-6-15(28-2)14(7-10)25-18(27)12-9-23-26-16(19(20,21)22)8-13(11-4-5-11)24-17(12)26/h3,6-9,11H,4-5H2,1-2H3,(H,25,27). The lowest BCUT2D eigenvalue weighted by molar-refractivity contribution is -0.142. The molecule has 2 aromatic heterocycles. The van der Waals surface area contributed by atoms with Gasteiger partial charge in [-0.05, 0) is 43.5 Å². The van der Waals surface area contributed by atoms with Gasteiger partial charge in [-0.2, -0.15) is 18.3 Å². The number of nitrogens with zero attached hydrogens (tertiary/aromatic N) is 3. The maximum absolute atomic E-state index is 13.5. The molecule has 1 saturated carbocycles. The molecule has 9 heteroatoms. The first-order valence-electron chi connectivity index (χ1n) is 8.70. The molecule has 0 spiro atoms. The van der Waals surface area contributed by atoms with Gasteiger partial charge in [0.1, 0.15) is 17.0 Å². The minimum atomic E-state index is -4.61. The van der Waals surface area contributed by atoms with Crippen LogP contribution in [0.25, 0.3) is 5.65 Å². The summed E-state index contributed by atoms with van der Waals surface area (Å²) in [6.07, 6.45) is -1.93. The van der Waals surface area contributed by atoms with Gasteiger partial charge in [-0.15, -0.1) is 0 Å². The summed E-state index contributed by atoms with van der Waals surface area (Å²) in [5.74, 6) is -0.167. The third kappa shape index (κ3) is 3.28. The Morgan fingerprint density at radius 1 is 1.29 bits per heavy atom. The first-order valence-corrected chi connectivity index (χ1v) is 8.70. The Bertz CT molecular complexity index is 1070. The largest absolute Gasteiger partial charge is 0.495 e. The van der Waals surface area contributed by atoms with Gasteiger partial charge in [0.25, 0.3) is 5.91 Å². The summed E-state index contributed by atoms with van der Waals surface area (Å²) >= 11 is 0. The summed E-state index contributed by atoms with van der Waals surface area (Å²) in [7, 11) is 1.47. The Kier molecular flexibility index (Phi) is 4.24. The number of nitrogens with one attached hydrogen (secondary N) is 1. The maximum atomic E-state index is 13.5. The Hall–Kier alpha value is -3.10. The van der Waals surface area contributed by atoms with E-state index in [-0.39, 0.29) is 17.1 Å². The number of aromatic nitrogens is 3. The molecule has 0 saturated heterocycles. The van der Waals surface area contributed by atoms with Crippen LogP contribution in [0.15, 0.2) is 30.5 Å². The number of fused-ring (bicyclic) bond motifs is 1. The second kappa shape index (κ2) is 6.50. The molecule has 1 amide bonds. The quantitative estimate of drug-likeness (QED) is 0.725. The van der Waals surface area contributed by atoms with Gasteiger partial charge in [-0.1, -0.05) is 6.07 Å². The molecule has 0 unspecified atom stereocenters. The highest BCUT2D eigenvalue weighted by atomic mass is 19.4. The predicted octanol–water partition coefficient (Wildman–Crippen LogP) is 4.19. The molecule has 1 N–H and O–H groups in total. The number of carbonyl (C=O) groups is 1. The Labute approximate surface area is 158 Å². The van der Waals surface area contributed by atoms with Gasteiger partial charge in [0.05, 0.1) is 19.0 Å².